The lowest BCUT2D eigenvalue weighted by molar-refractivity contribution is -0.126. The number of rotatable bonds is 4. The average Bonchev–Trinajstić information content (AvgIpc) is 2.50. The maximum Gasteiger partial charge on any atom is 0.292 e. The number of nitrogens with one attached hydrogen (secondary N) is 1. The molecule has 4 nitrogen and oxygen atoms in total. The third kappa shape index (κ3) is 7.31. The third-order valence-electron chi connectivity index (χ3n) is 3.33. The second kappa shape index (κ2) is 12.3. The van der Waals surface area contributed by atoms with Crippen molar-refractivity contribution in [2.24, 2.45) is 5.92 Å². The van der Waals surface area contributed by atoms with Gasteiger partial charge >= 0.3 is 0 Å². The zero-order chi connectivity index (χ0) is 17.8. The molecular formula is C17H26BrNO3S. The predicted molar refractivity (Wildman–Crippen MR) is 103 cm³/mol. The topological polar surface area (TPSA) is 47.6 Å². The Labute approximate surface area is 153 Å². The van der Waals surface area contributed by atoms with Gasteiger partial charge in [-0.1, -0.05) is 32.5 Å². The van der Waals surface area contributed by atoms with Crippen LogP contribution in [0.3, 0.4) is 0 Å². The maximum atomic E-state index is 8.95. The van der Waals surface area contributed by atoms with Gasteiger partial charge in [-0.25, -0.2) is 0 Å². The van der Waals surface area contributed by atoms with Crippen LogP contribution in [0.25, 0.3) is 0 Å². The van der Waals surface area contributed by atoms with Crippen molar-refractivity contribution in [3.8, 4) is 5.75 Å². The molecule has 1 aliphatic carbocycles. The number of carbonyl (C=O) groups is 1. The van der Waals surface area contributed by atoms with Crippen LogP contribution in [0, 0.1) is 12.8 Å². The number of methoxy groups -OCH3 is 2. The standard InChI is InChI=1S/C13H16BrNOS.C2H4O2.C2H6/c1-8-6-10(14)12(16-2)7-11(8)15-13(17)9-4-3-5-9;1-4-2-3;1-2/h6-7,9H,3-5H2,1-2H3,(H,15,17);2H,1H3;1-2H3. The summed E-state index contributed by atoms with van der Waals surface area (Å²) in [6.45, 7) is 6.44. The summed E-state index contributed by atoms with van der Waals surface area (Å²) in [5, 5.41) is 3.34. The minimum absolute atomic E-state index is 0.375. The van der Waals surface area contributed by atoms with Crippen molar-refractivity contribution in [1.29, 1.82) is 0 Å². The first kappa shape index (κ1) is 21.9. The molecule has 23 heavy (non-hydrogen) atoms. The van der Waals surface area contributed by atoms with E-state index >= 15 is 0 Å². The minimum Gasteiger partial charge on any atom is -0.495 e. The van der Waals surface area contributed by atoms with Crippen molar-refractivity contribution in [1.82, 2.24) is 0 Å². The van der Waals surface area contributed by atoms with Crippen LogP contribution in [0.15, 0.2) is 16.6 Å². The molecule has 6 heteroatoms. The first-order valence-corrected chi connectivity index (χ1v) is 8.85. The molecule has 0 heterocycles. The Hall–Kier alpha value is -1.14. The molecule has 1 aliphatic rings. The van der Waals surface area contributed by atoms with Crippen molar-refractivity contribution in [2.45, 2.75) is 40.0 Å². The summed E-state index contributed by atoms with van der Waals surface area (Å²) in [5.41, 5.74) is 2.21. The molecule has 0 bridgehead atoms. The quantitative estimate of drug-likeness (QED) is 0.558. The first-order chi connectivity index (χ1) is 11.0. The fraction of sp³-hybridized carbons (Fsp3) is 0.529. The van der Waals surface area contributed by atoms with Gasteiger partial charge in [0.2, 0.25) is 0 Å². The Morgan fingerprint density at radius 2 is 1.91 bits per heavy atom. The van der Waals surface area contributed by atoms with Crippen LogP contribution in [0.2, 0.25) is 0 Å². The zero-order valence-corrected chi connectivity index (χ0v) is 16.8. The van der Waals surface area contributed by atoms with Gasteiger partial charge in [0, 0.05) is 17.7 Å². The number of halogens is 1. The van der Waals surface area contributed by atoms with E-state index in [1.54, 1.807) is 7.11 Å². The number of benzene rings is 1. The average molecular weight is 404 g/mol. The largest absolute Gasteiger partial charge is 0.495 e. The number of anilines is 1. The Morgan fingerprint density at radius 1 is 1.35 bits per heavy atom. The second-order valence-corrected chi connectivity index (χ2v) is 6.04. The van der Waals surface area contributed by atoms with E-state index in [2.05, 4.69) is 32.9 Å². The predicted octanol–water partition coefficient (Wildman–Crippen LogP) is 5.12. The lowest BCUT2D eigenvalue weighted by Gasteiger charge is -2.27. The molecular weight excluding hydrogens is 378 g/mol. The van der Waals surface area contributed by atoms with Crippen molar-refractivity contribution >= 4 is 45.3 Å². The van der Waals surface area contributed by atoms with Gasteiger partial charge in [-0.05, 0) is 47.3 Å². The summed E-state index contributed by atoms with van der Waals surface area (Å²) in [6.07, 6.45) is 3.74. The van der Waals surface area contributed by atoms with E-state index < -0.39 is 0 Å². The summed E-state index contributed by atoms with van der Waals surface area (Å²) in [4.78, 5) is 9.91. The summed E-state index contributed by atoms with van der Waals surface area (Å²) in [7, 11) is 2.98. The summed E-state index contributed by atoms with van der Waals surface area (Å²) in [5.74, 6) is 1.40. The molecule has 1 aromatic carbocycles. The lowest BCUT2D eigenvalue weighted by atomic mass is 9.85. The number of hydrogen-bond donors (Lipinski definition) is 1. The summed E-state index contributed by atoms with van der Waals surface area (Å²) >= 11 is 8.89. The number of ether oxygens (including phenoxy) is 2. The van der Waals surface area contributed by atoms with Crippen LogP contribution in [0.5, 0.6) is 5.75 Å². The lowest BCUT2D eigenvalue weighted by Crippen LogP contribution is -2.26. The fourth-order valence-electron chi connectivity index (χ4n) is 1.85. The van der Waals surface area contributed by atoms with Gasteiger partial charge in [0.1, 0.15) is 5.75 Å². The monoisotopic (exact) mass is 403 g/mol. The fourth-order valence-corrected chi connectivity index (χ4v) is 2.81. The van der Waals surface area contributed by atoms with Crippen molar-refractivity contribution in [3.63, 3.8) is 0 Å². The number of thiocarbonyl (C=S) groups is 1. The van der Waals surface area contributed by atoms with Crippen molar-refractivity contribution in [3.05, 3.63) is 22.2 Å². The van der Waals surface area contributed by atoms with Gasteiger partial charge in [-0.3, -0.25) is 4.79 Å². The van der Waals surface area contributed by atoms with Crippen molar-refractivity contribution < 1.29 is 14.3 Å². The van der Waals surface area contributed by atoms with E-state index in [-0.39, 0.29) is 0 Å². The molecule has 0 amide bonds. The Balaban J connectivity index is 0.000000705. The highest BCUT2D eigenvalue weighted by molar-refractivity contribution is 9.10. The molecule has 0 atom stereocenters. The smallest absolute Gasteiger partial charge is 0.292 e. The number of carbonyl (C=O) groups excluding carboxylic acids is 1. The van der Waals surface area contributed by atoms with Crippen LogP contribution >= 0.6 is 28.1 Å². The maximum absolute atomic E-state index is 8.95. The van der Waals surface area contributed by atoms with E-state index in [0.29, 0.717) is 12.4 Å². The van der Waals surface area contributed by atoms with Gasteiger partial charge in [0.15, 0.2) is 0 Å². The molecule has 0 spiro atoms. The van der Waals surface area contributed by atoms with E-state index in [1.165, 1.54) is 31.9 Å². The molecule has 1 fully saturated rings. The first-order valence-electron chi connectivity index (χ1n) is 7.65. The molecule has 0 radical (unpaired) electrons. The number of aryl methyl sites for hydroxylation is 1. The van der Waals surface area contributed by atoms with Crippen LogP contribution in [0.4, 0.5) is 5.69 Å². The van der Waals surface area contributed by atoms with Crippen LogP contribution in [-0.2, 0) is 9.53 Å². The van der Waals surface area contributed by atoms with Crippen LogP contribution in [0.1, 0.15) is 38.7 Å². The second-order valence-electron chi connectivity index (χ2n) is 4.75. The van der Waals surface area contributed by atoms with Gasteiger partial charge in [0.25, 0.3) is 6.47 Å². The highest BCUT2D eigenvalue weighted by Gasteiger charge is 2.22. The van der Waals surface area contributed by atoms with E-state index in [4.69, 9.17) is 21.7 Å². The highest BCUT2D eigenvalue weighted by Crippen LogP contribution is 2.33. The third-order valence-corrected chi connectivity index (χ3v) is 4.38. The number of hydrogen-bond acceptors (Lipinski definition) is 4. The Kier molecular flexibility index (Phi) is 11.7. The molecule has 1 N–H and O–H groups in total. The van der Waals surface area contributed by atoms with E-state index in [9.17, 15) is 0 Å². The van der Waals surface area contributed by atoms with Crippen LogP contribution < -0.4 is 10.1 Å². The van der Waals surface area contributed by atoms with E-state index in [1.807, 2.05) is 26.0 Å². The zero-order valence-electron chi connectivity index (χ0n) is 14.4. The molecule has 1 saturated carbocycles. The summed E-state index contributed by atoms with van der Waals surface area (Å²) < 4.78 is 10.1. The highest BCUT2D eigenvalue weighted by atomic mass is 79.9. The van der Waals surface area contributed by atoms with Gasteiger partial charge in [-0.2, -0.15) is 0 Å². The Morgan fingerprint density at radius 3 is 2.30 bits per heavy atom. The van der Waals surface area contributed by atoms with E-state index in [0.717, 1.165) is 20.9 Å². The van der Waals surface area contributed by atoms with Gasteiger partial charge in [0.05, 0.1) is 23.7 Å². The molecule has 130 valence electrons. The van der Waals surface area contributed by atoms with Crippen molar-refractivity contribution in [2.75, 3.05) is 19.5 Å². The van der Waals surface area contributed by atoms with Gasteiger partial charge < -0.3 is 14.8 Å². The molecule has 0 aromatic heterocycles. The normalized spacial score (nSPS) is 12.4. The molecule has 0 unspecified atom stereocenters. The molecule has 0 saturated heterocycles. The molecule has 0 aliphatic heterocycles. The summed E-state index contributed by atoms with van der Waals surface area (Å²) in [6, 6.07) is 4.04. The van der Waals surface area contributed by atoms with Crippen LogP contribution in [-0.4, -0.2) is 25.7 Å². The minimum atomic E-state index is 0.375. The SMILES string of the molecule is CC.COC=O.COc1cc(NC(=S)C2CCC2)c(C)cc1Br. The molecule has 1 aromatic rings. The Bertz CT molecular complexity index is 505. The molecule has 2 rings (SSSR count). The van der Waals surface area contributed by atoms with Gasteiger partial charge in [-0.15, -0.1) is 0 Å².